The van der Waals surface area contributed by atoms with E-state index in [-0.39, 0.29) is 5.91 Å². The largest absolute Gasteiger partial charge is 0.399 e. The molecule has 1 aromatic rings. The van der Waals surface area contributed by atoms with Crippen LogP contribution in [0.2, 0.25) is 0 Å². The van der Waals surface area contributed by atoms with Crippen molar-refractivity contribution in [1.82, 2.24) is 4.90 Å². The van der Waals surface area contributed by atoms with Gasteiger partial charge < -0.3 is 10.6 Å². The van der Waals surface area contributed by atoms with Crippen LogP contribution in [0.25, 0.3) is 0 Å². The number of hydrogen-bond donors (Lipinski definition) is 1. The molecule has 0 aromatic heterocycles. The van der Waals surface area contributed by atoms with E-state index in [1.807, 2.05) is 4.90 Å². The second-order valence-corrected chi connectivity index (χ2v) is 5.57. The lowest BCUT2D eigenvalue weighted by Gasteiger charge is -2.30. The van der Waals surface area contributed by atoms with Crippen molar-refractivity contribution in [1.29, 1.82) is 0 Å². The van der Waals surface area contributed by atoms with Crippen molar-refractivity contribution in [3.63, 3.8) is 0 Å². The zero-order valence-corrected chi connectivity index (χ0v) is 11.5. The second kappa shape index (κ2) is 5.08. The molecule has 0 unspecified atom stereocenters. The number of nitrogen functional groups attached to an aromatic ring is 1. The fourth-order valence-electron chi connectivity index (χ4n) is 2.09. The fourth-order valence-corrected chi connectivity index (χ4v) is 2.65. The smallest absolute Gasteiger partial charge is 0.255 e. The highest BCUT2D eigenvalue weighted by atomic mass is 79.9. The number of nitrogens with two attached hydrogens (primary N) is 1. The quantitative estimate of drug-likeness (QED) is 0.810. The van der Waals surface area contributed by atoms with Gasteiger partial charge in [-0.15, -0.1) is 0 Å². The molecule has 0 radical (unpaired) electrons. The molecule has 17 heavy (non-hydrogen) atoms. The van der Waals surface area contributed by atoms with Gasteiger partial charge in [0.1, 0.15) is 0 Å². The molecule has 1 saturated heterocycles. The Hall–Kier alpha value is -1.03. The maximum atomic E-state index is 12.3. The van der Waals surface area contributed by atoms with Gasteiger partial charge in [0.2, 0.25) is 0 Å². The molecule has 0 saturated carbocycles. The third-order valence-electron chi connectivity index (χ3n) is 3.29. The Morgan fingerprint density at radius 3 is 2.65 bits per heavy atom. The predicted molar refractivity (Wildman–Crippen MR) is 72.9 cm³/mol. The minimum absolute atomic E-state index is 0.101. The maximum absolute atomic E-state index is 12.3. The van der Waals surface area contributed by atoms with Crippen LogP contribution in [0.1, 0.15) is 30.1 Å². The van der Waals surface area contributed by atoms with E-state index in [9.17, 15) is 4.79 Å². The molecule has 0 aliphatic carbocycles. The number of carbonyl (C=O) groups is 1. The highest BCUT2D eigenvalue weighted by Crippen LogP contribution is 2.24. The van der Waals surface area contributed by atoms with Crippen LogP contribution >= 0.6 is 15.9 Å². The minimum Gasteiger partial charge on any atom is -0.399 e. The molecule has 0 spiro atoms. The highest BCUT2D eigenvalue weighted by Gasteiger charge is 2.22. The molecule has 1 aromatic carbocycles. The monoisotopic (exact) mass is 296 g/mol. The summed E-state index contributed by atoms with van der Waals surface area (Å²) in [6.07, 6.45) is 2.19. The number of halogens is 1. The van der Waals surface area contributed by atoms with Crippen LogP contribution in [0.3, 0.4) is 0 Å². The van der Waals surface area contributed by atoms with Crippen molar-refractivity contribution < 1.29 is 4.79 Å². The molecule has 1 heterocycles. The SMILES string of the molecule is CC1CCN(C(=O)c2ccc(N)cc2Br)CC1. The van der Waals surface area contributed by atoms with Crippen LogP contribution < -0.4 is 5.73 Å². The molecule has 0 atom stereocenters. The lowest BCUT2D eigenvalue weighted by atomic mass is 9.98. The molecule has 2 rings (SSSR count). The van der Waals surface area contributed by atoms with E-state index in [0.717, 1.165) is 36.3 Å². The van der Waals surface area contributed by atoms with Crippen molar-refractivity contribution in [2.75, 3.05) is 18.8 Å². The minimum atomic E-state index is 0.101. The molecular formula is C13H17BrN2O. The number of amides is 1. The average molecular weight is 297 g/mol. The first kappa shape index (κ1) is 12.4. The number of rotatable bonds is 1. The van der Waals surface area contributed by atoms with Gasteiger partial charge in [0.15, 0.2) is 0 Å². The van der Waals surface area contributed by atoms with E-state index >= 15 is 0 Å². The Labute approximate surface area is 110 Å². The summed E-state index contributed by atoms with van der Waals surface area (Å²) in [5.74, 6) is 0.831. The molecular weight excluding hydrogens is 280 g/mol. The zero-order valence-electron chi connectivity index (χ0n) is 9.95. The number of nitrogens with zero attached hydrogens (tertiary/aromatic N) is 1. The molecule has 1 fully saturated rings. The van der Waals surface area contributed by atoms with Gasteiger partial charge in [0, 0.05) is 23.2 Å². The summed E-state index contributed by atoms with van der Waals surface area (Å²) in [6.45, 7) is 3.95. The number of piperidine rings is 1. The van der Waals surface area contributed by atoms with Crippen molar-refractivity contribution >= 4 is 27.5 Å². The van der Waals surface area contributed by atoms with Crippen molar-refractivity contribution in [3.8, 4) is 0 Å². The molecule has 1 aliphatic heterocycles. The number of carbonyl (C=O) groups excluding carboxylic acids is 1. The highest BCUT2D eigenvalue weighted by molar-refractivity contribution is 9.10. The van der Waals surface area contributed by atoms with Crippen LogP contribution in [-0.4, -0.2) is 23.9 Å². The summed E-state index contributed by atoms with van der Waals surface area (Å²) in [6, 6.07) is 5.34. The second-order valence-electron chi connectivity index (χ2n) is 4.71. The maximum Gasteiger partial charge on any atom is 0.255 e. The first-order chi connectivity index (χ1) is 8.08. The van der Waals surface area contributed by atoms with Crippen LogP contribution in [0.15, 0.2) is 22.7 Å². The van der Waals surface area contributed by atoms with Gasteiger partial charge in [-0.25, -0.2) is 0 Å². The Bertz CT molecular complexity index is 425. The summed E-state index contributed by atoms with van der Waals surface area (Å²) in [5, 5.41) is 0. The Morgan fingerprint density at radius 2 is 2.06 bits per heavy atom. The summed E-state index contributed by atoms with van der Waals surface area (Å²) in [7, 11) is 0. The Kier molecular flexibility index (Phi) is 3.72. The number of benzene rings is 1. The Balaban J connectivity index is 2.14. The predicted octanol–water partition coefficient (Wildman–Crippen LogP) is 2.90. The number of hydrogen-bond acceptors (Lipinski definition) is 2. The van der Waals surface area contributed by atoms with Gasteiger partial charge in [-0.1, -0.05) is 6.92 Å². The van der Waals surface area contributed by atoms with Crippen molar-refractivity contribution in [2.24, 2.45) is 5.92 Å². The third kappa shape index (κ3) is 2.80. The lowest BCUT2D eigenvalue weighted by Crippen LogP contribution is -2.38. The summed E-state index contributed by atoms with van der Waals surface area (Å²) >= 11 is 3.40. The van der Waals surface area contributed by atoms with Gasteiger partial charge in [0.05, 0.1) is 5.56 Å². The molecule has 3 nitrogen and oxygen atoms in total. The number of anilines is 1. The van der Waals surface area contributed by atoms with Crippen LogP contribution in [0, 0.1) is 5.92 Å². The first-order valence-electron chi connectivity index (χ1n) is 5.92. The van der Waals surface area contributed by atoms with Gasteiger partial charge in [-0.2, -0.15) is 0 Å². The molecule has 4 heteroatoms. The van der Waals surface area contributed by atoms with E-state index in [2.05, 4.69) is 22.9 Å². The first-order valence-corrected chi connectivity index (χ1v) is 6.71. The van der Waals surface area contributed by atoms with Crippen molar-refractivity contribution in [3.05, 3.63) is 28.2 Å². The molecule has 0 bridgehead atoms. The normalized spacial score (nSPS) is 17.2. The topological polar surface area (TPSA) is 46.3 Å². The van der Waals surface area contributed by atoms with E-state index in [1.165, 1.54) is 0 Å². The van der Waals surface area contributed by atoms with E-state index < -0.39 is 0 Å². The molecule has 92 valence electrons. The Morgan fingerprint density at radius 1 is 1.41 bits per heavy atom. The summed E-state index contributed by atoms with van der Waals surface area (Å²) < 4.78 is 0.779. The summed E-state index contributed by atoms with van der Waals surface area (Å²) in [4.78, 5) is 14.2. The zero-order chi connectivity index (χ0) is 12.4. The van der Waals surface area contributed by atoms with Gasteiger partial charge >= 0.3 is 0 Å². The molecule has 2 N–H and O–H groups in total. The third-order valence-corrected chi connectivity index (χ3v) is 3.95. The molecule has 1 aliphatic rings. The van der Waals surface area contributed by atoms with E-state index in [4.69, 9.17) is 5.73 Å². The van der Waals surface area contributed by atoms with Crippen LogP contribution in [0.4, 0.5) is 5.69 Å². The standard InChI is InChI=1S/C13H17BrN2O/c1-9-4-6-16(7-5-9)13(17)11-3-2-10(15)8-12(11)14/h2-3,8-9H,4-7,15H2,1H3. The summed E-state index contributed by atoms with van der Waals surface area (Å²) in [5.41, 5.74) is 7.04. The van der Waals surface area contributed by atoms with E-state index in [1.54, 1.807) is 18.2 Å². The van der Waals surface area contributed by atoms with Gasteiger partial charge in [-0.3, -0.25) is 4.79 Å². The molecule has 1 amide bonds. The lowest BCUT2D eigenvalue weighted by molar-refractivity contribution is 0.0696. The van der Waals surface area contributed by atoms with Gasteiger partial charge in [0.25, 0.3) is 5.91 Å². The van der Waals surface area contributed by atoms with Crippen LogP contribution in [-0.2, 0) is 0 Å². The fraction of sp³-hybridized carbons (Fsp3) is 0.462. The average Bonchev–Trinajstić information content (AvgIpc) is 2.29. The van der Waals surface area contributed by atoms with Gasteiger partial charge in [-0.05, 0) is 52.9 Å². The number of likely N-dealkylation sites (tertiary alicyclic amines) is 1. The van der Waals surface area contributed by atoms with E-state index in [0.29, 0.717) is 11.3 Å². The van der Waals surface area contributed by atoms with Crippen LogP contribution in [0.5, 0.6) is 0 Å². The van der Waals surface area contributed by atoms with Crippen molar-refractivity contribution in [2.45, 2.75) is 19.8 Å².